The summed E-state index contributed by atoms with van der Waals surface area (Å²) in [6, 6.07) is 14.5. The third kappa shape index (κ3) is 6.50. The molecule has 1 heterocycles. The van der Waals surface area contributed by atoms with Crippen LogP contribution in [-0.4, -0.2) is 32.1 Å². The summed E-state index contributed by atoms with van der Waals surface area (Å²) in [5.74, 6) is -3.52. The number of aryl methyl sites for hydroxylation is 1. The zero-order chi connectivity index (χ0) is 26.4. The van der Waals surface area contributed by atoms with Crippen molar-refractivity contribution in [1.82, 2.24) is 10.6 Å². The molecule has 0 saturated carbocycles. The fourth-order valence-corrected chi connectivity index (χ4v) is 4.94. The molecule has 0 aromatic heterocycles. The van der Waals surface area contributed by atoms with E-state index in [1.807, 2.05) is 25.1 Å². The van der Waals surface area contributed by atoms with Gasteiger partial charge in [0, 0.05) is 23.2 Å². The second-order valence-corrected chi connectivity index (χ2v) is 9.51. The van der Waals surface area contributed by atoms with Gasteiger partial charge in [-0.15, -0.1) is 0 Å². The van der Waals surface area contributed by atoms with Crippen LogP contribution in [0.15, 0.2) is 54.6 Å². The van der Waals surface area contributed by atoms with E-state index in [2.05, 4.69) is 35.0 Å². The molecule has 4 rings (SSSR count). The van der Waals surface area contributed by atoms with Gasteiger partial charge in [-0.3, -0.25) is 4.79 Å². The molecule has 0 aliphatic carbocycles. The van der Waals surface area contributed by atoms with Gasteiger partial charge in [0.05, 0.1) is 6.54 Å². The van der Waals surface area contributed by atoms with Gasteiger partial charge in [-0.25, -0.2) is 13.2 Å². The third-order valence-corrected chi connectivity index (χ3v) is 6.86. The Morgan fingerprint density at radius 3 is 2.38 bits per heavy atom. The first-order valence-corrected chi connectivity index (χ1v) is 12.5. The minimum absolute atomic E-state index is 0.0796. The van der Waals surface area contributed by atoms with Gasteiger partial charge in [-0.1, -0.05) is 25.1 Å². The Morgan fingerprint density at radius 2 is 1.68 bits per heavy atom. The van der Waals surface area contributed by atoms with E-state index in [9.17, 15) is 18.0 Å². The van der Waals surface area contributed by atoms with Crippen LogP contribution in [0.2, 0.25) is 0 Å². The Kier molecular flexibility index (Phi) is 8.51. The van der Waals surface area contributed by atoms with Crippen LogP contribution in [-0.2, 0) is 16.6 Å². The van der Waals surface area contributed by atoms with Crippen molar-refractivity contribution < 1.29 is 22.7 Å². The maximum Gasteiger partial charge on any atom is 0.238 e. The first-order chi connectivity index (χ1) is 17.8. The monoisotopic (exact) mass is 511 g/mol. The van der Waals surface area contributed by atoms with E-state index in [4.69, 9.17) is 4.74 Å². The van der Waals surface area contributed by atoms with E-state index < -0.39 is 17.5 Å². The zero-order valence-electron chi connectivity index (χ0n) is 21.1. The number of carbonyl (C=O) groups excluding carboxylic acids is 1. The first kappa shape index (κ1) is 26.7. The van der Waals surface area contributed by atoms with Crippen LogP contribution in [0, 0.1) is 24.4 Å². The SMILES string of the molecule is CCNCC(=O)Nc1ccc(C)c(C2(Cc3ccc(Oc4cc(F)c(F)cc4F)cc3)CCNCC2)c1. The molecule has 8 heteroatoms. The smallest absolute Gasteiger partial charge is 0.238 e. The van der Waals surface area contributed by atoms with Gasteiger partial charge in [0.15, 0.2) is 23.2 Å². The molecule has 1 aliphatic heterocycles. The summed E-state index contributed by atoms with van der Waals surface area (Å²) in [5, 5.41) is 9.48. The lowest BCUT2D eigenvalue weighted by molar-refractivity contribution is -0.115. The molecule has 3 aromatic rings. The highest BCUT2D eigenvalue weighted by Gasteiger charge is 2.35. The number of hydrogen-bond acceptors (Lipinski definition) is 4. The van der Waals surface area contributed by atoms with Crippen molar-refractivity contribution in [2.24, 2.45) is 0 Å². The normalized spacial score (nSPS) is 14.8. The zero-order valence-corrected chi connectivity index (χ0v) is 21.1. The lowest BCUT2D eigenvalue weighted by atomic mass is 9.68. The molecule has 5 nitrogen and oxygen atoms in total. The molecular weight excluding hydrogens is 479 g/mol. The van der Waals surface area contributed by atoms with Gasteiger partial charge in [-0.2, -0.15) is 0 Å². The molecule has 0 radical (unpaired) electrons. The van der Waals surface area contributed by atoms with E-state index in [1.165, 1.54) is 11.1 Å². The number of rotatable bonds is 9. The molecule has 196 valence electrons. The van der Waals surface area contributed by atoms with Crippen LogP contribution < -0.4 is 20.7 Å². The number of likely N-dealkylation sites (N-methyl/N-ethyl adjacent to an activating group) is 1. The number of carbonyl (C=O) groups is 1. The van der Waals surface area contributed by atoms with Crippen LogP contribution >= 0.6 is 0 Å². The number of ether oxygens (including phenoxy) is 1. The van der Waals surface area contributed by atoms with Crippen LogP contribution in [0.3, 0.4) is 0 Å². The predicted octanol–water partition coefficient (Wildman–Crippen LogP) is 5.62. The van der Waals surface area contributed by atoms with Crippen LogP contribution in [0.1, 0.15) is 36.5 Å². The van der Waals surface area contributed by atoms with Crippen molar-refractivity contribution in [3.63, 3.8) is 0 Å². The maximum atomic E-state index is 14.0. The van der Waals surface area contributed by atoms with Gasteiger partial charge in [-0.05, 0) is 86.8 Å². The third-order valence-electron chi connectivity index (χ3n) is 6.86. The molecule has 0 bridgehead atoms. The summed E-state index contributed by atoms with van der Waals surface area (Å²) < 4.78 is 46.2. The minimum Gasteiger partial charge on any atom is -0.454 e. The molecule has 3 N–H and O–H groups in total. The number of amides is 1. The summed E-state index contributed by atoms with van der Waals surface area (Å²) in [6.45, 7) is 6.80. The molecule has 3 aromatic carbocycles. The van der Waals surface area contributed by atoms with Crippen LogP contribution in [0.5, 0.6) is 11.5 Å². The van der Waals surface area contributed by atoms with Crippen molar-refractivity contribution in [3.05, 3.63) is 88.7 Å². The van der Waals surface area contributed by atoms with Crippen molar-refractivity contribution >= 4 is 11.6 Å². The standard InChI is InChI=1S/C29H32F3N3O2/c1-3-33-18-28(36)35-21-7-4-19(2)23(14-21)29(10-12-34-13-11-29)17-20-5-8-22(9-6-20)37-27-16-25(31)24(30)15-26(27)32/h4-9,14-16,33-34H,3,10-13,17-18H2,1-2H3,(H,35,36). The summed E-state index contributed by atoms with van der Waals surface area (Å²) >= 11 is 0. The van der Waals surface area contributed by atoms with Gasteiger partial charge in [0.25, 0.3) is 0 Å². The molecule has 1 saturated heterocycles. The molecular formula is C29H32F3N3O2. The number of anilines is 1. The second-order valence-electron chi connectivity index (χ2n) is 9.51. The molecule has 0 atom stereocenters. The van der Waals surface area contributed by atoms with E-state index in [0.29, 0.717) is 17.9 Å². The largest absolute Gasteiger partial charge is 0.454 e. The molecule has 37 heavy (non-hydrogen) atoms. The first-order valence-electron chi connectivity index (χ1n) is 12.5. The molecule has 0 spiro atoms. The van der Waals surface area contributed by atoms with Crippen molar-refractivity contribution in [2.45, 2.75) is 38.5 Å². The molecule has 1 fully saturated rings. The molecule has 1 amide bonds. The van der Waals surface area contributed by atoms with Crippen molar-refractivity contribution in [2.75, 3.05) is 31.5 Å². The lowest BCUT2D eigenvalue weighted by Crippen LogP contribution is -2.42. The van der Waals surface area contributed by atoms with E-state index >= 15 is 0 Å². The fraction of sp³-hybridized carbons (Fsp3) is 0.345. The maximum absolute atomic E-state index is 14.0. The Balaban J connectivity index is 1.56. The van der Waals surface area contributed by atoms with Crippen molar-refractivity contribution in [1.29, 1.82) is 0 Å². The van der Waals surface area contributed by atoms with Crippen LogP contribution in [0.4, 0.5) is 18.9 Å². The minimum atomic E-state index is -1.26. The van der Waals surface area contributed by atoms with Crippen LogP contribution in [0.25, 0.3) is 0 Å². The van der Waals surface area contributed by atoms with Gasteiger partial charge in [0.2, 0.25) is 5.91 Å². The highest BCUT2D eigenvalue weighted by Crippen LogP contribution is 2.40. The Bertz CT molecular complexity index is 1240. The lowest BCUT2D eigenvalue weighted by Gasteiger charge is -2.40. The summed E-state index contributed by atoms with van der Waals surface area (Å²) in [4.78, 5) is 12.3. The quantitative estimate of drug-likeness (QED) is 0.327. The highest BCUT2D eigenvalue weighted by molar-refractivity contribution is 5.92. The van der Waals surface area contributed by atoms with Crippen molar-refractivity contribution in [3.8, 4) is 11.5 Å². The highest BCUT2D eigenvalue weighted by atomic mass is 19.2. The number of benzene rings is 3. The number of piperidine rings is 1. The Labute approximate surface area is 215 Å². The molecule has 0 unspecified atom stereocenters. The Morgan fingerprint density at radius 1 is 0.973 bits per heavy atom. The van der Waals surface area contributed by atoms with E-state index in [1.54, 1.807) is 12.1 Å². The van der Waals surface area contributed by atoms with Gasteiger partial charge in [0.1, 0.15) is 5.75 Å². The molecule has 1 aliphatic rings. The number of nitrogens with one attached hydrogen (secondary N) is 3. The number of halogens is 3. The second kappa shape index (κ2) is 11.8. The summed E-state index contributed by atoms with van der Waals surface area (Å²) in [5.41, 5.74) is 4.09. The van der Waals surface area contributed by atoms with Gasteiger partial charge < -0.3 is 20.7 Å². The Hall–Kier alpha value is -3.36. The predicted molar refractivity (Wildman–Crippen MR) is 139 cm³/mol. The van der Waals surface area contributed by atoms with Gasteiger partial charge >= 0.3 is 0 Å². The summed E-state index contributed by atoms with van der Waals surface area (Å²) in [7, 11) is 0. The fourth-order valence-electron chi connectivity index (χ4n) is 4.94. The number of hydrogen-bond donors (Lipinski definition) is 3. The average molecular weight is 512 g/mol. The summed E-state index contributed by atoms with van der Waals surface area (Å²) in [6.07, 6.45) is 2.63. The topological polar surface area (TPSA) is 62.4 Å². The average Bonchev–Trinajstić information content (AvgIpc) is 2.89. The van der Waals surface area contributed by atoms with E-state index in [-0.39, 0.29) is 23.6 Å². The van der Waals surface area contributed by atoms with E-state index in [0.717, 1.165) is 50.1 Å².